The summed E-state index contributed by atoms with van der Waals surface area (Å²) in [6, 6.07) is 8.71. The molecule has 2 N–H and O–H groups in total. The van der Waals surface area contributed by atoms with E-state index in [9.17, 15) is 9.59 Å². The van der Waals surface area contributed by atoms with Crippen LogP contribution in [0.2, 0.25) is 0 Å². The van der Waals surface area contributed by atoms with E-state index in [0.29, 0.717) is 29.8 Å². The molecule has 0 saturated carbocycles. The molecule has 0 unspecified atom stereocenters. The highest BCUT2D eigenvalue weighted by molar-refractivity contribution is 6.05. The summed E-state index contributed by atoms with van der Waals surface area (Å²) in [5.41, 5.74) is 1.20. The van der Waals surface area contributed by atoms with E-state index in [1.165, 1.54) is 0 Å². The van der Waals surface area contributed by atoms with Gasteiger partial charge in [0.25, 0.3) is 5.91 Å². The van der Waals surface area contributed by atoms with Gasteiger partial charge in [-0.2, -0.15) is 0 Å². The van der Waals surface area contributed by atoms with E-state index >= 15 is 0 Å². The van der Waals surface area contributed by atoms with E-state index < -0.39 is 0 Å². The third kappa shape index (κ3) is 3.49. The molecular formula is C20H24N6O2. The average Bonchev–Trinajstić information content (AvgIpc) is 3.11. The quantitative estimate of drug-likeness (QED) is 0.850. The zero-order valence-corrected chi connectivity index (χ0v) is 16.1. The SMILES string of the molecule is CC(C)CNC(=O)c1ccc2c(n1)N(C(=O)Nc1ccccn1)[C@H]1CCN2C1. The number of urea groups is 1. The zero-order chi connectivity index (χ0) is 19.7. The van der Waals surface area contributed by atoms with Crippen LogP contribution in [0.4, 0.5) is 22.1 Å². The summed E-state index contributed by atoms with van der Waals surface area (Å²) in [6.07, 6.45) is 2.49. The van der Waals surface area contributed by atoms with Crippen molar-refractivity contribution in [1.82, 2.24) is 15.3 Å². The fourth-order valence-corrected chi connectivity index (χ4v) is 3.59. The summed E-state index contributed by atoms with van der Waals surface area (Å²) in [4.78, 5) is 38.1. The molecule has 8 nitrogen and oxygen atoms in total. The van der Waals surface area contributed by atoms with Crippen molar-refractivity contribution in [3.63, 3.8) is 0 Å². The first-order chi connectivity index (χ1) is 13.5. The van der Waals surface area contributed by atoms with Gasteiger partial charge in [0.1, 0.15) is 11.5 Å². The molecule has 0 radical (unpaired) electrons. The molecule has 4 rings (SSSR count). The first-order valence-electron chi connectivity index (χ1n) is 9.58. The number of rotatable bonds is 4. The van der Waals surface area contributed by atoms with Gasteiger partial charge in [-0.1, -0.05) is 19.9 Å². The fraction of sp³-hybridized carbons (Fsp3) is 0.400. The molecule has 146 valence electrons. The molecule has 0 aliphatic carbocycles. The third-order valence-corrected chi connectivity index (χ3v) is 4.97. The second kappa shape index (κ2) is 7.46. The summed E-state index contributed by atoms with van der Waals surface area (Å²) in [5.74, 6) is 1.14. The minimum atomic E-state index is -0.279. The maximum absolute atomic E-state index is 13.0. The highest BCUT2D eigenvalue weighted by atomic mass is 16.2. The van der Waals surface area contributed by atoms with E-state index in [-0.39, 0.29) is 18.0 Å². The van der Waals surface area contributed by atoms with Crippen molar-refractivity contribution in [2.45, 2.75) is 26.3 Å². The van der Waals surface area contributed by atoms with E-state index in [1.54, 1.807) is 29.3 Å². The van der Waals surface area contributed by atoms with Gasteiger partial charge >= 0.3 is 6.03 Å². The number of nitrogens with one attached hydrogen (secondary N) is 2. The Morgan fingerprint density at radius 2 is 2.11 bits per heavy atom. The lowest BCUT2D eigenvalue weighted by molar-refractivity contribution is 0.0944. The molecule has 28 heavy (non-hydrogen) atoms. The molecule has 1 fully saturated rings. The Balaban J connectivity index is 1.63. The molecule has 1 atom stereocenters. The lowest BCUT2D eigenvalue weighted by Gasteiger charge is -2.35. The second-order valence-electron chi connectivity index (χ2n) is 7.55. The van der Waals surface area contributed by atoms with Gasteiger partial charge in [-0.15, -0.1) is 0 Å². The van der Waals surface area contributed by atoms with E-state index in [2.05, 4.69) is 25.5 Å². The Morgan fingerprint density at radius 3 is 2.86 bits per heavy atom. The highest BCUT2D eigenvalue weighted by Gasteiger charge is 2.40. The molecule has 2 aliphatic heterocycles. The van der Waals surface area contributed by atoms with Crippen LogP contribution in [0.25, 0.3) is 0 Å². The first kappa shape index (κ1) is 18.2. The van der Waals surface area contributed by atoms with Gasteiger partial charge < -0.3 is 10.2 Å². The highest BCUT2D eigenvalue weighted by Crippen LogP contribution is 2.39. The van der Waals surface area contributed by atoms with Crippen molar-refractivity contribution in [3.8, 4) is 0 Å². The Morgan fingerprint density at radius 1 is 1.25 bits per heavy atom. The average molecular weight is 380 g/mol. The summed E-state index contributed by atoms with van der Waals surface area (Å²) in [5, 5.41) is 5.72. The second-order valence-corrected chi connectivity index (χ2v) is 7.55. The minimum absolute atomic E-state index is 0.0256. The van der Waals surface area contributed by atoms with E-state index in [1.807, 2.05) is 26.0 Å². The van der Waals surface area contributed by atoms with Gasteiger partial charge in [-0.25, -0.2) is 14.8 Å². The third-order valence-electron chi connectivity index (χ3n) is 4.97. The number of anilines is 3. The summed E-state index contributed by atoms with van der Waals surface area (Å²) >= 11 is 0. The van der Waals surface area contributed by atoms with Gasteiger partial charge in [0.15, 0.2) is 5.82 Å². The first-order valence-corrected chi connectivity index (χ1v) is 9.58. The van der Waals surface area contributed by atoms with Gasteiger partial charge in [-0.3, -0.25) is 15.0 Å². The van der Waals surface area contributed by atoms with Crippen molar-refractivity contribution in [3.05, 3.63) is 42.2 Å². The Labute approximate surface area is 164 Å². The Kier molecular flexibility index (Phi) is 4.85. The summed E-state index contributed by atoms with van der Waals surface area (Å²) < 4.78 is 0. The topological polar surface area (TPSA) is 90.5 Å². The maximum Gasteiger partial charge on any atom is 0.329 e. The number of amides is 3. The molecule has 3 amide bonds. The van der Waals surface area contributed by atoms with Crippen LogP contribution < -0.4 is 20.4 Å². The zero-order valence-electron chi connectivity index (χ0n) is 16.1. The van der Waals surface area contributed by atoms with Crippen LogP contribution in [0.1, 0.15) is 30.8 Å². The van der Waals surface area contributed by atoms with Crippen LogP contribution in [0.5, 0.6) is 0 Å². The summed E-state index contributed by atoms with van der Waals surface area (Å²) in [6.45, 7) is 6.29. The number of aromatic nitrogens is 2. The lowest BCUT2D eigenvalue weighted by Crippen LogP contribution is -2.48. The van der Waals surface area contributed by atoms with E-state index in [0.717, 1.165) is 25.2 Å². The number of nitrogens with zero attached hydrogens (tertiary/aromatic N) is 4. The molecule has 2 bridgehead atoms. The molecule has 2 aromatic rings. The van der Waals surface area contributed by atoms with E-state index in [4.69, 9.17) is 0 Å². The minimum Gasteiger partial charge on any atom is -0.366 e. The molecule has 2 aliphatic rings. The Hall–Kier alpha value is -3.16. The van der Waals surface area contributed by atoms with Crippen LogP contribution in [0, 0.1) is 5.92 Å². The van der Waals surface area contributed by atoms with Gasteiger partial charge in [0, 0.05) is 25.8 Å². The van der Waals surface area contributed by atoms with Crippen LogP contribution >= 0.6 is 0 Å². The van der Waals surface area contributed by atoms with Crippen molar-refractivity contribution in [2.75, 3.05) is 34.8 Å². The number of carbonyl (C=O) groups is 2. The predicted octanol–water partition coefficient (Wildman–Crippen LogP) is 2.49. The normalized spacial score (nSPS) is 17.5. The smallest absolute Gasteiger partial charge is 0.329 e. The number of pyridine rings is 2. The summed E-state index contributed by atoms with van der Waals surface area (Å²) in [7, 11) is 0. The monoisotopic (exact) mass is 380 g/mol. The maximum atomic E-state index is 13.0. The molecule has 4 heterocycles. The molecule has 2 aromatic heterocycles. The largest absolute Gasteiger partial charge is 0.366 e. The standard InChI is InChI=1S/C20H24N6O2/c1-13(2)11-22-19(27)15-6-7-16-18(23-15)26(14-8-10-25(16)12-14)20(28)24-17-5-3-4-9-21-17/h3-7,9,13-14H,8,10-12H2,1-2H3,(H,22,27)(H,21,24,28)/t14-/m0/s1. The molecular weight excluding hydrogens is 356 g/mol. The lowest BCUT2D eigenvalue weighted by atomic mass is 10.1. The number of hydrogen-bond acceptors (Lipinski definition) is 5. The molecule has 0 aromatic carbocycles. The van der Waals surface area contributed by atoms with Crippen LogP contribution in [0.15, 0.2) is 36.5 Å². The molecule has 0 spiro atoms. The van der Waals surface area contributed by atoms with Crippen molar-refractivity contribution in [1.29, 1.82) is 0 Å². The molecule has 1 saturated heterocycles. The van der Waals surface area contributed by atoms with Crippen LogP contribution in [0.3, 0.4) is 0 Å². The number of hydrogen-bond donors (Lipinski definition) is 2. The van der Waals surface area contributed by atoms with Gasteiger partial charge in [-0.05, 0) is 36.6 Å². The van der Waals surface area contributed by atoms with Crippen LogP contribution in [-0.4, -0.2) is 47.6 Å². The molecule has 8 heteroatoms. The fourth-order valence-electron chi connectivity index (χ4n) is 3.59. The van der Waals surface area contributed by atoms with Crippen molar-refractivity contribution < 1.29 is 9.59 Å². The van der Waals surface area contributed by atoms with Gasteiger partial charge in [0.2, 0.25) is 0 Å². The predicted molar refractivity (Wildman–Crippen MR) is 108 cm³/mol. The number of carbonyl (C=O) groups excluding carboxylic acids is 2. The van der Waals surface area contributed by atoms with Crippen molar-refractivity contribution >= 4 is 29.3 Å². The Bertz CT molecular complexity index is 886. The number of fused-ring (bicyclic) bond motifs is 4. The van der Waals surface area contributed by atoms with Gasteiger partial charge in [0.05, 0.1) is 11.7 Å². The van der Waals surface area contributed by atoms with Crippen molar-refractivity contribution in [2.24, 2.45) is 5.92 Å². The van der Waals surface area contributed by atoms with Crippen LogP contribution in [-0.2, 0) is 0 Å².